The van der Waals surface area contributed by atoms with E-state index in [-0.39, 0.29) is 12.5 Å². The molecule has 0 bridgehead atoms. The highest BCUT2D eigenvalue weighted by atomic mass is 32.1. The van der Waals surface area contributed by atoms with Crippen molar-refractivity contribution >= 4 is 39.0 Å². The molecule has 8 heteroatoms. The first-order valence-corrected chi connectivity index (χ1v) is 10.4. The zero-order chi connectivity index (χ0) is 20.2. The normalized spacial score (nSPS) is 11.2. The van der Waals surface area contributed by atoms with E-state index in [0.717, 1.165) is 45.2 Å². The van der Waals surface area contributed by atoms with E-state index in [1.165, 1.54) is 0 Å². The predicted octanol–water partition coefficient (Wildman–Crippen LogP) is 4.04. The molecule has 29 heavy (non-hydrogen) atoms. The van der Waals surface area contributed by atoms with Gasteiger partial charge < -0.3 is 19.8 Å². The van der Waals surface area contributed by atoms with Crippen molar-refractivity contribution in [3.8, 4) is 5.75 Å². The molecule has 1 amide bonds. The molecule has 1 aromatic carbocycles. The fraction of sp³-hybridized carbons (Fsp3) is 0.286. The average Bonchev–Trinajstić information content (AvgIpc) is 3.38. The fourth-order valence-corrected chi connectivity index (χ4v) is 3.84. The second-order valence-electron chi connectivity index (χ2n) is 6.66. The van der Waals surface area contributed by atoms with Gasteiger partial charge in [-0.15, -0.1) is 11.3 Å². The number of nitrogens with zero attached hydrogens (tertiary/aromatic N) is 2. The molecule has 0 saturated carbocycles. The highest BCUT2D eigenvalue weighted by molar-refractivity contribution is 7.07. The van der Waals surface area contributed by atoms with Crippen LogP contribution in [0.15, 0.2) is 35.3 Å². The number of hydrogen-bond acceptors (Lipinski definition) is 6. The van der Waals surface area contributed by atoms with E-state index in [1.807, 2.05) is 30.5 Å². The molecule has 0 radical (unpaired) electrons. The highest BCUT2D eigenvalue weighted by Gasteiger charge is 2.19. The first kappa shape index (κ1) is 19.4. The Bertz CT molecular complexity index is 1140. The molecule has 0 fully saturated rings. The summed E-state index contributed by atoms with van der Waals surface area (Å²) in [6, 6.07) is 5.87. The van der Waals surface area contributed by atoms with Crippen LogP contribution in [0.4, 0.5) is 0 Å². The Balaban J connectivity index is 1.77. The maximum atomic E-state index is 12.6. The molecule has 0 spiro atoms. The van der Waals surface area contributed by atoms with E-state index in [0.29, 0.717) is 18.8 Å². The third-order valence-electron chi connectivity index (χ3n) is 4.62. The molecule has 4 rings (SSSR count). The van der Waals surface area contributed by atoms with Gasteiger partial charge in [0.15, 0.2) is 0 Å². The van der Waals surface area contributed by atoms with E-state index >= 15 is 0 Å². The van der Waals surface area contributed by atoms with Crippen LogP contribution in [-0.2, 0) is 18.0 Å². The first-order chi connectivity index (χ1) is 14.2. The standard InChI is InChI=1S/C21H22N4O3S/c1-3-6-22-21(26)20-16(10-27-2)19-15-7-14(28-9-13-11-29-12-24-13)4-5-17(15)25-18(19)8-23-20/h4-5,7-8,11-12,25H,3,6,9-10H2,1-2H3,(H,22,26). The number of aromatic nitrogens is 3. The van der Waals surface area contributed by atoms with Crippen LogP contribution >= 0.6 is 11.3 Å². The zero-order valence-electron chi connectivity index (χ0n) is 16.3. The van der Waals surface area contributed by atoms with Crippen molar-refractivity contribution in [2.24, 2.45) is 0 Å². The van der Waals surface area contributed by atoms with Crippen molar-refractivity contribution in [1.82, 2.24) is 20.3 Å². The van der Waals surface area contributed by atoms with Crippen LogP contribution in [-0.4, -0.2) is 34.5 Å². The largest absolute Gasteiger partial charge is 0.487 e. The van der Waals surface area contributed by atoms with Crippen LogP contribution in [0.3, 0.4) is 0 Å². The van der Waals surface area contributed by atoms with Crippen molar-refractivity contribution in [2.45, 2.75) is 26.6 Å². The molecule has 0 saturated heterocycles. The highest BCUT2D eigenvalue weighted by Crippen LogP contribution is 2.32. The number of carbonyl (C=O) groups is 1. The van der Waals surface area contributed by atoms with Gasteiger partial charge in [0.25, 0.3) is 5.91 Å². The van der Waals surface area contributed by atoms with Crippen molar-refractivity contribution in [2.75, 3.05) is 13.7 Å². The lowest BCUT2D eigenvalue weighted by molar-refractivity contribution is 0.0943. The summed E-state index contributed by atoms with van der Waals surface area (Å²) >= 11 is 1.54. The lowest BCUT2D eigenvalue weighted by Gasteiger charge is -2.10. The van der Waals surface area contributed by atoms with Gasteiger partial charge in [-0.1, -0.05) is 6.92 Å². The van der Waals surface area contributed by atoms with E-state index in [1.54, 1.807) is 30.2 Å². The van der Waals surface area contributed by atoms with E-state index < -0.39 is 0 Å². The van der Waals surface area contributed by atoms with Crippen molar-refractivity contribution < 1.29 is 14.3 Å². The number of nitrogens with one attached hydrogen (secondary N) is 2. The summed E-state index contributed by atoms with van der Waals surface area (Å²) in [6.45, 7) is 3.32. The minimum absolute atomic E-state index is 0.189. The maximum absolute atomic E-state index is 12.6. The molecule has 7 nitrogen and oxygen atoms in total. The summed E-state index contributed by atoms with van der Waals surface area (Å²) in [5.74, 6) is 0.551. The Morgan fingerprint density at radius 1 is 1.24 bits per heavy atom. The molecule has 3 aromatic heterocycles. The summed E-state index contributed by atoms with van der Waals surface area (Å²) in [6.07, 6.45) is 2.56. The monoisotopic (exact) mass is 410 g/mol. The summed E-state index contributed by atoms with van der Waals surface area (Å²) in [4.78, 5) is 24.6. The number of carbonyl (C=O) groups excluding carboxylic acids is 1. The maximum Gasteiger partial charge on any atom is 0.270 e. The molecule has 0 atom stereocenters. The zero-order valence-corrected chi connectivity index (χ0v) is 17.1. The Morgan fingerprint density at radius 3 is 2.90 bits per heavy atom. The van der Waals surface area contributed by atoms with Crippen LogP contribution < -0.4 is 10.1 Å². The molecule has 3 heterocycles. The minimum Gasteiger partial charge on any atom is -0.487 e. The number of fused-ring (bicyclic) bond motifs is 3. The number of thiazole rings is 1. The number of H-pyrrole nitrogens is 1. The van der Waals surface area contributed by atoms with Crippen LogP contribution in [0.2, 0.25) is 0 Å². The molecule has 0 aliphatic heterocycles. The molecule has 150 valence electrons. The number of aromatic amines is 1. The summed E-state index contributed by atoms with van der Waals surface area (Å²) in [5.41, 5.74) is 5.65. The molecule has 0 aliphatic rings. The van der Waals surface area contributed by atoms with Gasteiger partial charge in [-0.2, -0.15) is 0 Å². The number of pyridine rings is 1. The minimum atomic E-state index is -0.189. The van der Waals surface area contributed by atoms with Gasteiger partial charge in [0.05, 0.1) is 29.5 Å². The van der Waals surface area contributed by atoms with Gasteiger partial charge in [-0.25, -0.2) is 9.97 Å². The topological polar surface area (TPSA) is 89.1 Å². The van der Waals surface area contributed by atoms with Crippen molar-refractivity contribution in [1.29, 1.82) is 0 Å². The molecule has 0 unspecified atom stereocenters. The number of amides is 1. The lowest BCUT2D eigenvalue weighted by atomic mass is 10.1. The van der Waals surface area contributed by atoms with Crippen LogP contribution in [0, 0.1) is 0 Å². The molecular formula is C21H22N4O3S. The molecule has 4 aromatic rings. The van der Waals surface area contributed by atoms with Crippen LogP contribution in [0.25, 0.3) is 21.8 Å². The lowest BCUT2D eigenvalue weighted by Crippen LogP contribution is -2.26. The third kappa shape index (κ3) is 3.94. The third-order valence-corrected chi connectivity index (χ3v) is 5.25. The number of ether oxygens (including phenoxy) is 2. The smallest absolute Gasteiger partial charge is 0.270 e. The van der Waals surface area contributed by atoms with Gasteiger partial charge in [0, 0.05) is 40.9 Å². The second-order valence-corrected chi connectivity index (χ2v) is 7.38. The van der Waals surface area contributed by atoms with Gasteiger partial charge in [-0.3, -0.25) is 4.79 Å². The van der Waals surface area contributed by atoms with Gasteiger partial charge in [0.1, 0.15) is 18.1 Å². The summed E-state index contributed by atoms with van der Waals surface area (Å²) < 4.78 is 11.3. The van der Waals surface area contributed by atoms with E-state index in [9.17, 15) is 4.79 Å². The number of benzene rings is 1. The van der Waals surface area contributed by atoms with Crippen LogP contribution in [0.1, 0.15) is 35.1 Å². The summed E-state index contributed by atoms with van der Waals surface area (Å²) in [5, 5.41) is 6.76. The van der Waals surface area contributed by atoms with Crippen molar-refractivity contribution in [3.63, 3.8) is 0 Å². The fourth-order valence-electron chi connectivity index (χ4n) is 3.30. The van der Waals surface area contributed by atoms with E-state index in [4.69, 9.17) is 9.47 Å². The molecule has 0 aliphatic carbocycles. The SMILES string of the molecule is CCCNC(=O)c1ncc2[nH]c3ccc(OCc4cscn4)cc3c2c1COC. The van der Waals surface area contributed by atoms with Gasteiger partial charge >= 0.3 is 0 Å². The van der Waals surface area contributed by atoms with Crippen LogP contribution in [0.5, 0.6) is 5.75 Å². The Kier molecular flexibility index (Phi) is 5.73. The number of methoxy groups -OCH3 is 1. The van der Waals surface area contributed by atoms with Crippen molar-refractivity contribution in [3.05, 3.63) is 52.2 Å². The summed E-state index contributed by atoms with van der Waals surface area (Å²) in [7, 11) is 1.61. The number of rotatable bonds is 8. The van der Waals surface area contributed by atoms with Gasteiger partial charge in [0.2, 0.25) is 0 Å². The molecular weight excluding hydrogens is 388 g/mol. The number of hydrogen-bond donors (Lipinski definition) is 2. The predicted molar refractivity (Wildman–Crippen MR) is 113 cm³/mol. The molecule has 2 N–H and O–H groups in total. The van der Waals surface area contributed by atoms with Gasteiger partial charge in [-0.05, 0) is 24.6 Å². The quantitative estimate of drug-likeness (QED) is 0.458. The Morgan fingerprint density at radius 2 is 2.14 bits per heavy atom. The average molecular weight is 410 g/mol. The first-order valence-electron chi connectivity index (χ1n) is 9.41. The Labute approximate surface area is 172 Å². The second kappa shape index (κ2) is 8.59. The van der Waals surface area contributed by atoms with E-state index in [2.05, 4.69) is 20.3 Å². The Hall–Kier alpha value is -2.97.